The smallest absolute Gasteiger partial charge is 0.315 e. The predicted molar refractivity (Wildman–Crippen MR) is 56.0 cm³/mol. The zero-order valence-corrected chi connectivity index (χ0v) is 9.17. The highest BCUT2D eigenvalue weighted by atomic mass is 16.5. The molecule has 1 N–H and O–H groups in total. The Balaban J connectivity index is 2.64. The second kappa shape index (κ2) is 4.60. The van der Waals surface area contributed by atoms with E-state index in [1.165, 1.54) is 0 Å². The summed E-state index contributed by atoms with van der Waals surface area (Å²) in [5, 5.41) is 3.17. The van der Waals surface area contributed by atoms with E-state index >= 15 is 0 Å². The van der Waals surface area contributed by atoms with Crippen LogP contribution < -0.4 is 5.32 Å². The molecule has 2 atom stereocenters. The minimum absolute atomic E-state index is 0.106. The monoisotopic (exact) mass is 197 g/mol. The third-order valence-electron chi connectivity index (χ3n) is 2.78. The number of esters is 1. The predicted octanol–water partition coefficient (Wildman–Crippen LogP) is 1.49. The number of likely N-dealkylation sites (N-methyl/N-ethyl adjacent to an activating group) is 1. The molecule has 3 nitrogen and oxygen atoms in total. The van der Waals surface area contributed by atoms with Gasteiger partial charge in [0.1, 0.15) is 0 Å². The van der Waals surface area contributed by atoms with E-state index in [1.807, 2.05) is 27.0 Å². The van der Waals surface area contributed by atoms with Crippen LogP contribution in [0.15, 0.2) is 12.2 Å². The Labute approximate surface area is 85.5 Å². The molecule has 0 saturated carbocycles. The van der Waals surface area contributed by atoms with Gasteiger partial charge >= 0.3 is 5.97 Å². The van der Waals surface area contributed by atoms with E-state index in [0.717, 1.165) is 12.8 Å². The summed E-state index contributed by atoms with van der Waals surface area (Å²) in [6, 6.07) is 0.400. The van der Waals surface area contributed by atoms with Crippen LogP contribution in [0.25, 0.3) is 0 Å². The van der Waals surface area contributed by atoms with Gasteiger partial charge in [-0.1, -0.05) is 12.2 Å². The Morgan fingerprint density at radius 3 is 2.86 bits per heavy atom. The molecule has 0 aromatic rings. The first-order chi connectivity index (χ1) is 6.62. The molecule has 0 bridgehead atoms. The Morgan fingerprint density at radius 1 is 1.71 bits per heavy atom. The van der Waals surface area contributed by atoms with Crippen molar-refractivity contribution in [1.29, 1.82) is 0 Å². The average Bonchev–Trinajstić information content (AvgIpc) is 2.19. The summed E-state index contributed by atoms with van der Waals surface area (Å²) >= 11 is 0. The highest BCUT2D eigenvalue weighted by Crippen LogP contribution is 2.31. The molecule has 2 unspecified atom stereocenters. The maximum Gasteiger partial charge on any atom is 0.315 e. The zero-order chi connectivity index (χ0) is 10.6. The van der Waals surface area contributed by atoms with E-state index in [0.29, 0.717) is 12.6 Å². The van der Waals surface area contributed by atoms with Gasteiger partial charge < -0.3 is 10.1 Å². The molecule has 0 aromatic carbocycles. The van der Waals surface area contributed by atoms with Gasteiger partial charge in [-0.15, -0.1) is 0 Å². The topological polar surface area (TPSA) is 38.3 Å². The fourth-order valence-electron chi connectivity index (χ4n) is 1.67. The maximum atomic E-state index is 11.6. The van der Waals surface area contributed by atoms with Gasteiger partial charge in [-0.3, -0.25) is 4.79 Å². The lowest BCUT2D eigenvalue weighted by Crippen LogP contribution is -2.35. The first kappa shape index (κ1) is 11.2. The van der Waals surface area contributed by atoms with E-state index in [4.69, 9.17) is 4.74 Å². The summed E-state index contributed by atoms with van der Waals surface area (Å²) in [6.45, 7) is 4.23. The molecule has 0 saturated heterocycles. The number of carbonyl (C=O) groups excluding carboxylic acids is 1. The minimum Gasteiger partial charge on any atom is -0.465 e. The average molecular weight is 197 g/mol. The quantitative estimate of drug-likeness (QED) is 0.550. The van der Waals surface area contributed by atoms with Crippen molar-refractivity contribution in [3.05, 3.63) is 12.2 Å². The molecule has 80 valence electrons. The second-order valence-electron chi connectivity index (χ2n) is 3.93. The lowest BCUT2D eigenvalue weighted by atomic mass is 9.79. The van der Waals surface area contributed by atoms with Crippen LogP contribution in [-0.4, -0.2) is 25.7 Å². The Morgan fingerprint density at radius 2 is 2.43 bits per heavy atom. The summed E-state index contributed by atoms with van der Waals surface area (Å²) in [5.74, 6) is -0.106. The van der Waals surface area contributed by atoms with E-state index in [9.17, 15) is 4.79 Å². The first-order valence-electron chi connectivity index (χ1n) is 5.16. The molecule has 3 heteroatoms. The largest absolute Gasteiger partial charge is 0.465 e. The van der Waals surface area contributed by atoms with Gasteiger partial charge in [0.15, 0.2) is 0 Å². The van der Waals surface area contributed by atoms with Crippen LogP contribution in [0.4, 0.5) is 0 Å². The number of ether oxygens (including phenoxy) is 1. The molecule has 0 spiro atoms. The fourth-order valence-corrected chi connectivity index (χ4v) is 1.67. The highest BCUT2D eigenvalue weighted by Gasteiger charge is 2.34. The Kier molecular flexibility index (Phi) is 3.69. The van der Waals surface area contributed by atoms with E-state index in [2.05, 4.69) is 11.4 Å². The van der Waals surface area contributed by atoms with Gasteiger partial charge in [0, 0.05) is 6.04 Å². The SMILES string of the molecule is CCOC(=O)C1(C)C=CC(NC)CC1. The summed E-state index contributed by atoms with van der Waals surface area (Å²) < 4.78 is 5.04. The molecule has 0 heterocycles. The van der Waals surface area contributed by atoms with Crippen LogP contribution in [0.5, 0.6) is 0 Å². The van der Waals surface area contributed by atoms with Gasteiger partial charge in [-0.25, -0.2) is 0 Å². The molecule has 1 aliphatic carbocycles. The molecule has 0 fully saturated rings. The lowest BCUT2D eigenvalue weighted by molar-refractivity contribution is -0.152. The van der Waals surface area contributed by atoms with Gasteiger partial charge in [0.2, 0.25) is 0 Å². The van der Waals surface area contributed by atoms with Crippen molar-refractivity contribution in [1.82, 2.24) is 5.32 Å². The summed E-state index contributed by atoms with van der Waals surface area (Å²) in [4.78, 5) is 11.6. The van der Waals surface area contributed by atoms with E-state index in [1.54, 1.807) is 0 Å². The van der Waals surface area contributed by atoms with Crippen LogP contribution in [0, 0.1) is 5.41 Å². The van der Waals surface area contributed by atoms with Crippen LogP contribution in [-0.2, 0) is 9.53 Å². The van der Waals surface area contributed by atoms with Crippen molar-refractivity contribution in [3.63, 3.8) is 0 Å². The van der Waals surface area contributed by atoms with Crippen LogP contribution in [0.2, 0.25) is 0 Å². The van der Waals surface area contributed by atoms with Gasteiger partial charge in [-0.05, 0) is 33.7 Å². The van der Waals surface area contributed by atoms with Crippen molar-refractivity contribution in [3.8, 4) is 0 Å². The summed E-state index contributed by atoms with van der Waals surface area (Å²) in [5.41, 5.74) is -0.413. The summed E-state index contributed by atoms with van der Waals surface area (Å²) in [7, 11) is 1.93. The van der Waals surface area contributed by atoms with E-state index < -0.39 is 5.41 Å². The van der Waals surface area contributed by atoms with Crippen LogP contribution in [0.3, 0.4) is 0 Å². The van der Waals surface area contributed by atoms with Crippen molar-refractivity contribution >= 4 is 5.97 Å². The van der Waals surface area contributed by atoms with Gasteiger partial charge in [0.25, 0.3) is 0 Å². The molecule has 0 amide bonds. The summed E-state index contributed by atoms with van der Waals surface area (Å²) in [6.07, 6.45) is 5.87. The second-order valence-corrected chi connectivity index (χ2v) is 3.93. The number of rotatable bonds is 3. The van der Waals surface area contributed by atoms with Crippen molar-refractivity contribution in [2.24, 2.45) is 5.41 Å². The lowest BCUT2D eigenvalue weighted by Gasteiger charge is -2.29. The molecule has 0 aliphatic heterocycles. The van der Waals surface area contributed by atoms with Crippen LogP contribution >= 0.6 is 0 Å². The molecule has 1 aliphatic rings. The third kappa shape index (κ3) is 2.35. The standard InChI is InChI=1S/C11H19NO2/c1-4-14-10(13)11(2)7-5-9(12-3)6-8-11/h5,7,9,12H,4,6,8H2,1-3H3. The molecule has 0 radical (unpaired) electrons. The Bertz CT molecular complexity index is 237. The van der Waals surface area contributed by atoms with Crippen molar-refractivity contribution in [2.75, 3.05) is 13.7 Å². The normalized spacial score (nSPS) is 31.5. The van der Waals surface area contributed by atoms with Crippen molar-refractivity contribution < 1.29 is 9.53 Å². The molecule has 14 heavy (non-hydrogen) atoms. The molecular weight excluding hydrogens is 178 g/mol. The highest BCUT2D eigenvalue weighted by molar-refractivity contribution is 5.78. The molecular formula is C11H19NO2. The van der Waals surface area contributed by atoms with Gasteiger partial charge in [-0.2, -0.15) is 0 Å². The number of hydrogen-bond donors (Lipinski definition) is 1. The Hall–Kier alpha value is -0.830. The molecule has 0 aromatic heterocycles. The number of carbonyl (C=O) groups is 1. The minimum atomic E-state index is -0.413. The third-order valence-corrected chi connectivity index (χ3v) is 2.78. The zero-order valence-electron chi connectivity index (χ0n) is 9.17. The first-order valence-corrected chi connectivity index (χ1v) is 5.16. The van der Waals surface area contributed by atoms with Gasteiger partial charge in [0.05, 0.1) is 12.0 Å². The maximum absolute atomic E-state index is 11.6. The number of hydrogen-bond acceptors (Lipinski definition) is 3. The van der Waals surface area contributed by atoms with E-state index in [-0.39, 0.29) is 5.97 Å². The van der Waals surface area contributed by atoms with Crippen LogP contribution in [0.1, 0.15) is 26.7 Å². The number of nitrogens with one attached hydrogen (secondary N) is 1. The molecule has 1 rings (SSSR count). The fraction of sp³-hybridized carbons (Fsp3) is 0.727. The van der Waals surface area contributed by atoms with Crippen molar-refractivity contribution in [2.45, 2.75) is 32.7 Å².